The molecule has 226 valence electrons. The molecule has 46 heavy (non-hydrogen) atoms. The topological polar surface area (TPSA) is 17.8 Å². The summed E-state index contributed by atoms with van der Waals surface area (Å²) in [6.45, 7) is 6.25. The van der Waals surface area contributed by atoms with E-state index in [4.69, 9.17) is 4.98 Å². The zero-order valence-corrected chi connectivity index (χ0v) is 28.9. The van der Waals surface area contributed by atoms with Crippen LogP contribution in [0, 0.1) is 24.1 Å². The molecule has 0 fully saturated rings. The van der Waals surface area contributed by atoms with Crippen LogP contribution in [0.5, 0.6) is 0 Å². The Labute approximate surface area is 286 Å². The zero-order chi connectivity index (χ0) is 31.3. The molecule has 0 aliphatic rings. The summed E-state index contributed by atoms with van der Waals surface area (Å²) in [5.41, 5.74) is 4.25. The van der Waals surface area contributed by atoms with Crippen molar-refractivity contribution >= 4 is 32.6 Å². The Kier molecular flexibility index (Phi) is 13.0. The summed E-state index contributed by atoms with van der Waals surface area (Å²) in [6, 6.07) is 64.0. The van der Waals surface area contributed by atoms with Gasteiger partial charge >= 0.3 is 19.8 Å². The van der Waals surface area contributed by atoms with Gasteiger partial charge in [0, 0.05) is 16.5 Å². The average Bonchev–Trinajstić information content (AvgIpc) is 3.52. The van der Waals surface area contributed by atoms with Crippen LogP contribution < -0.4 is 0 Å². The molecule has 0 atom stereocenters. The number of rotatable bonds is 2. The molecule has 0 amide bonds. The van der Waals surface area contributed by atoms with Crippen molar-refractivity contribution < 1.29 is 19.8 Å². The van der Waals surface area contributed by atoms with Crippen molar-refractivity contribution in [2.24, 2.45) is 0 Å². The number of imidazole rings is 1. The molecule has 0 bridgehead atoms. The average molecular weight is 771 g/mol. The molecule has 1 heterocycles. The smallest absolute Gasteiger partial charge is 0.333 e. The maximum atomic E-state index is 5.17. The Hall–Kier alpha value is -4.83. The van der Waals surface area contributed by atoms with E-state index < -0.39 is 0 Å². The van der Waals surface area contributed by atoms with Crippen LogP contribution in [-0.2, 0) is 19.8 Å². The molecule has 7 aromatic carbocycles. The fraction of sp³-hybridized carbons (Fsp3) is 0.0698. The van der Waals surface area contributed by atoms with E-state index in [1.54, 1.807) is 0 Å². The second-order valence-corrected chi connectivity index (χ2v) is 10.8. The molecular weight excluding hydrogens is 735 g/mol. The first-order valence-electron chi connectivity index (χ1n) is 15.1. The van der Waals surface area contributed by atoms with E-state index in [1.165, 1.54) is 27.5 Å². The molecule has 0 aliphatic heterocycles. The number of para-hydroxylation sites is 1. The number of hydrogen-bond donors (Lipinski definition) is 0. The summed E-state index contributed by atoms with van der Waals surface area (Å²) in [6.07, 6.45) is 0. The third-order valence-electron chi connectivity index (χ3n) is 6.71. The van der Waals surface area contributed by atoms with Gasteiger partial charge in [-0.3, -0.25) is 4.98 Å². The van der Waals surface area contributed by atoms with E-state index in [2.05, 4.69) is 122 Å². The molecule has 3 heteroatoms. The van der Waals surface area contributed by atoms with Gasteiger partial charge in [0.1, 0.15) is 0 Å². The molecule has 0 N–H and O–H groups in total. The first-order valence-corrected chi connectivity index (χ1v) is 15.1. The first kappa shape index (κ1) is 34.0. The summed E-state index contributed by atoms with van der Waals surface area (Å²) in [4.78, 5) is 5.17. The van der Waals surface area contributed by atoms with Gasteiger partial charge in [0.05, 0.1) is 16.9 Å². The van der Waals surface area contributed by atoms with Gasteiger partial charge in [-0.05, 0) is 22.9 Å². The van der Waals surface area contributed by atoms with Crippen LogP contribution in [0.2, 0.25) is 0 Å². The molecule has 0 saturated carbocycles. The van der Waals surface area contributed by atoms with Crippen LogP contribution in [0.4, 0.5) is 0 Å². The SMILES string of the molecule is C[C-](C)C.[Os+4].[c-]1ccccc1.[c-]1ccccc1.[c-]1ccccc1-c1nc2c3ccccc3c3ccccc3c2n1-c1ccccc1. The van der Waals surface area contributed by atoms with E-state index in [0.717, 1.165) is 28.1 Å². The van der Waals surface area contributed by atoms with Gasteiger partial charge in [-0.25, -0.2) is 0 Å². The number of benzene rings is 7. The van der Waals surface area contributed by atoms with Crippen LogP contribution in [-0.4, -0.2) is 9.55 Å². The fourth-order valence-corrected chi connectivity index (χ4v) is 4.93. The number of fused-ring (bicyclic) bond motifs is 6. The van der Waals surface area contributed by atoms with Crippen LogP contribution >= 0.6 is 0 Å². The van der Waals surface area contributed by atoms with Crippen molar-refractivity contribution in [3.05, 3.63) is 188 Å². The molecular formula is C43H36N2Os. The van der Waals surface area contributed by atoms with Gasteiger partial charge in [-0.1, -0.05) is 66.7 Å². The van der Waals surface area contributed by atoms with Crippen LogP contribution in [0.25, 0.3) is 49.7 Å². The van der Waals surface area contributed by atoms with E-state index in [0.29, 0.717) is 0 Å². The molecule has 0 spiro atoms. The van der Waals surface area contributed by atoms with Crippen LogP contribution in [0.1, 0.15) is 20.8 Å². The van der Waals surface area contributed by atoms with Crippen molar-refractivity contribution in [3.63, 3.8) is 0 Å². The standard InChI is InChI=1S/C27H17N2.2C6H5.C4H9.Os/c1-3-11-19(12-4-1)27-28-25-23-17-9-7-15-21(23)22-16-8-10-18-24(22)26(25)29(27)20-13-5-2-6-14-20;2*1-2-4-6-5-3-1;1-4(2)3;/h1-11,13-18H;2*1-5H;1-3H3;/q4*-1;+4. The third-order valence-corrected chi connectivity index (χ3v) is 6.71. The van der Waals surface area contributed by atoms with Gasteiger partial charge in [0.2, 0.25) is 0 Å². The van der Waals surface area contributed by atoms with Gasteiger partial charge in [0.25, 0.3) is 0 Å². The second kappa shape index (κ2) is 17.6. The Morgan fingerprint density at radius 3 is 1.41 bits per heavy atom. The Morgan fingerprint density at radius 1 is 0.500 bits per heavy atom. The molecule has 0 radical (unpaired) electrons. The minimum absolute atomic E-state index is 0. The summed E-state index contributed by atoms with van der Waals surface area (Å²) < 4.78 is 2.27. The molecule has 8 aromatic rings. The summed E-state index contributed by atoms with van der Waals surface area (Å²) in [5, 5.41) is 4.86. The summed E-state index contributed by atoms with van der Waals surface area (Å²) in [7, 11) is 0. The predicted molar refractivity (Wildman–Crippen MR) is 191 cm³/mol. The Morgan fingerprint density at radius 2 is 0.935 bits per heavy atom. The minimum Gasteiger partial charge on any atom is -0.333 e. The van der Waals surface area contributed by atoms with Crippen molar-refractivity contribution in [2.75, 3.05) is 0 Å². The zero-order valence-electron chi connectivity index (χ0n) is 26.3. The van der Waals surface area contributed by atoms with Gasteiger partial charge < -0.3 is 10.5 Å². The molecule has 0 unspecified atom stereocenters. The normalized spacial score (nSPS) is 10.1. The predicted octanol–water partition coefficient (Wildman–Crippen LogP) is 11.4. The number of hydrogen-bond acceptors (Lipinski definition) is 1. The molecule has 8 rings (SSSR count). The minimum atomic E-state index is 0. The number of nitrogens with zero attached hydrogens (tertiary/aromatic N) is 2. The fourth-order valence-electron chi connectivity index (χ4n) is 4.93. The van der Waals surface area contributed by atoms with Crippen LogP contribution in [0.15, 0.2) is 164 Å². The second-order valence-electron chi connectivity index (χ2n) is 10.8. The number of aromatic nitrogens is 2. The largest absolute Gasteiger partial charge is 4.00 e. The van der Waals surface area contributed by atoms with E-state index in [9.17, 15) is 0 Å². The summed E-state index contributed by atoms with van der Waals surface area (Å²) in [5.74, 6) is 2.33. The monoisotopic (exact) mass is 772 g/mol. The van der Waals surface area contributed by atoms with Gasteiger partial charge in [0.15, 0.2) is 0 Å². The maximum Gasteiger partial charge on any atom is 4.00 e. The van der Waals surface area contributed by atoms with E-state index >= 15 is 0 Å². The summed E-state index contributed by atoms with van der Waals surface area (Å²) >= 11 is 0. The van der Waals surface area contributed by atoms with Gasteiger partial charge in [-0.15, -0.1) is 35.9 Å². The maximum absolute atomic E-state index is 5.17. The van der Waals surface area contributed by atoms with E-state index in [-0.39, 0.29) is 19.8 Å². The van der Waals surface area contributed by atoms with E-state index in [1.807, 2.05) is 84.9 Å². The van der Waals surface area contributed by atoms with Crippen molar-refractivity contribution in [3.8, 4) is 17.1 Å². The van der Waals surface area contributed by atoms with Crippen LogP contribution in [0.3, 0.4) is 0 Å². The Bertz CT molecular complexity index is 1930. The molecule has 0 aliphatic carbocycles. The van der Waals surface area contributed by atoms with Crippen molar-refractivity contribution in [1.29, 1.82) is 0 Å². The molecule has 0 saturated heterocycles. The third kappa shape index (κ3) is 8.66. The molecule has 1 aromatic heterocycles. The molecule has 2 nitrogen and oxygen atoms in total. The van der Waals surface area contributed by atoms with Crippen molar-refractivity contribution in [2.45, 2.75) is 20.8 Å². The van der Waals surface area contributed by atoms with Crippen molar-refractivity contribution in [1.82, 2.24) is 9.55 Å². The first-order chi connectivity index (χ1) is 22.1. The quantitative estimate of drug-likeness (QED) is 0.126. The van der Waals surface area contributed by atoms with Gasteiger partial charge in [-0.2, -0.15) is 93.6 Å². The Balaban J connectivity index is 0.000000232.